The molecule has 84 valence electrons. The third-order valence-corrected chi connectivity index (χ3v) is 1.51. The van der Waals surface area contributed by atoms with Crippen molar-refractivity contribution >= 4 is 11.9 Å². The second-order valence-electron chi connectivity index (χ2n) is 2.76. The van der Waals surface area contributed by atoms with Gasteiger partial charge in [-0.2, -0.15) is 0 Å². The van der Waals surface area contributed by atoms with E-state index in [1.165, 1.54) is 6.26 Å². The van der Waals surface area contributed by atoms with E-state index in [4.69, 9.17) is 14.9 Å². The molecule has 0 atom stereocenters. The second kappa shape index (κ2) is 7.61. The zero-order chi connectivity index (χ0) is 11.7. The smallest absolute Gasteiger partial charge is 0.331 e. The van der Waals surface area contributed by atoms with E-state index >= 15 is 0 Å². The first-order valence-corrected chi connectivity index (χ1v) is 4.47. The van der Waals surface area contributed by atoms with E-state index < -0.39 is 11.9 Å². The Bertz CT molecular complexity index is 278. The summed E-state index contributed by atoms with van der Waals surface area (Å²) in [5.41, 5.74) is -0.119. The molecular formula is C10H14O5. The van der Waals surface area contributed by atoms with Gasteiger partial charge in [-0.25, -0.2) is 9.59 Å². The number of carboxylic acid groups (broad SMARTS) is 2. The van der Waals surface area contributed by atoms with Crippen LogP contribution in [0.3, 0.4) is 0 Å². The standard InChI is InChI=1S/C10H14O5/c1-2-5-15-6-3-4-8(10(13)14)7-9(11)12/h2,5,7H,3-4,6H2,1H3,(H,11,12)(H,13,14)/b5-2?,8-7-. The van der Waals surface area contributed by atoms with Crippen molar-refractivity contribution in [2.75, 3.05) is 6.61 Å². The second-order valence-corrected chi connectivity index (χ2v) is 2.76. The van der Waals surface area contributed by atoms with Gasteiger partial charge in [0.15, 0.2) is 0 Å². The molecule has 0 saturated heterocycles. The molecule has 0 spiro atoms. The lowest BCUT2D eigenvalue weighted by Crippen LogP contribution is -2.05. The zero-order valence-corrected chi connectivity index (χ0v) is 8.47. The third kappa shape index (κ3) is 7.30. The minimum atomic E-state index is -1.25. The minimum absolute atomic E-state index is 0.119. The SMILES string of the molecule is CC=COCCC/C(=C/C(=O)O)C(=O)O. The predicted molar refractivity (Wildman–Crippen MR) is 53.4 cm³/mol. The lowest BCUT2D eigenvalue weighted by atomic mass is 10.1. The van der Waals surface area contributed by atoms with Crippen molar-refractivity contribution in [2.45, 2.75) is 19.8 Å². The Morgan fingerprint density at radius 2 is 2.00 bits per heavy atom. The number of rotatable bonds is 7. The van der Waals surface area contributed by atoms with E-state index in [1.54, 1.807) is 13.0 Å². The van der Waals surface area contributed by atoms with Crippen molar-refractivity contribution in [3.8, 4) is 0 Å². The summed E-state index contributed by atoms with van der Waals surface area (Å²) in [5, 5.41) is 17.0. The summed E-state index contributed by atoms with van der Waals surface area (Å²) < 4.78 is 4.97. The molecule has 0 radical (unpaired) electrons. The Balaban J connectivity index is 3.98. The zero-order valence-electron chi connectivity index (χ0n) is 8.47. The molecule has 0 aliphatic carbocycles. The number of carbonyl (C=O) groups is 2. The average Bonchev–Trinajstić information content (AvgIpc) is 2.15. The largest absolute Gasteiger partial charge is 0.502 e. The molecule has 5 heteroatoms. The number of hydrogen-bond donors (Lipinski definition) is 2. The molecule has 0 saturated carbocycles. The van der Waals surface area contributed by atoms with Crippen molar-refractivity contribution in [3.05, 3.63) is 24.0 Å². The number of allylic oxidation sites excluding steroid dienone is 1. The minimum Gasteiger partial charge on any atom is -0.502 e. The summed E-state index contributed by atoms with van der Waals surface area (Å²) >= 11 is 0. The number of ether oxygens (including phenoxy) is 1. The van der Waals surface area contributed by atoms with Crippen LogP contribution < -0.4 is 0 Å². The molecular weight excluding hydrogens is 200 g/mol. The lowest BCUT2D eigenvalue weighted by molar-refractivity contribution is -0.135. The maximum atomic E-state index is 10.6. The fourth-order valence-corrected chi connectivity index (χ4v) is 0.900. The van der Waals surface area contributed by atoms with Gasteiger partial charge in [-0.05, 0) is 19.8 Å². The molecule has 0 unspecified atom stereocenters. The van der Waals surface area contributed by atoms with Crippen molar-refractivity contribution in [3.63, 3.8) is 0 Å². The summed E-state index contributed by atoms with van der Waals surface area (Å²) in [6, 6.07) is 0. The molecule has 5 nitrogen and oxygen atoms in total. The normalized spacial score (nSPS) is 11.7. The van der Waals surface area contributed by atoms with Crippen LogP contribution in [0.5, 0.6) is 0 Å². The van der Waals surface area contributed by atoms with Crippen LogP contribution in [-0.2, 0) is 14.3 Å². The molecule has 0 aliphatic heterocycles. The van der Waals surface area contributed by atoms with Gasteiger partial charge in [0.25, 0.3) is 0 Å². The Kier molecular flexibility index (Phi) is 6.70. The summed E-state index contributed by atoms with van der Waals surface area (Å²) in [7, 11) is 0. The molecule has 0 aromatic heterocycles. The lowest BCUT2D eigenvalue weighted by Gasteiger charge is -2.01. The predicted octanol–water partition coefficient (Wildman–Crippen LogP) is 1.41. The van der Waals surface area contributed by atoms with Crippen LogP contribution in [0.1, 0.15) is 19.8 Å². The molecule has 0 aromatic carbocycles. The van der Waals surface area contributed by atoms with Crippen molar-refractivity contribution < 1.29 is 24.5 Å². The molecule has 15 heavy (non-hydrogen) atoms. The fraction of sp³-hybridized carbons (Fsp3) is 0.400. The monoisotopic (exact) mass is 214 g/mol. The molecule has 0 amide bonds. The van der Waals surface area contributed by atoms with Crippen molar-refractivity contribution in [1.29, 1.82) is 0 Å². The van der Waals surface area contributed by atoms with Crippen molar-refractivity contribution in [1.82, 2.24) is 0 Å². The van der Waals surface area contributed by atoms with Gasteiger partial charge < -0.3 is 14.9 Å². The van der Waals surface area contributed by atoms with Crippen molar-refractivity contribution in [2.24, 2.45) is 0 Å². The van der Waals surface area contributed by atoms with Gasteiger partial charge in [0.05, 0.1) is 12.9 Å². The highest BCUT2D eigenvalue weighted by Gasteiger charge is 2.08. The molecule has 0 heterocycles. The first kappa shape index (κ1) is 13.2. The molecule has 2 N–H and O–H groups in total. The van der Waals surface area contributed by atoms with Gasteiger partial charge in [0.2, 0.25) is 0 Å². The van der Waals surface area contributed by atoms with Crippen LogP contribution in [0, 0.1) is 0 Å². The number of aliphatic carboxylic acids is 2. The number of carboxylic acids is 2. The van der Waals surface area contributed by atoms with Crippen LogP contribution in [0.25, 0.3) is 0 Å². The maximum Gasteiger partial charge on any atom is 0.331 e. The Morgan fingerprint density at radius 3 is 2.47 bits per heavy atom. The molecule has 0 aromatic rings. The quantitative estimate of drug-likeness (QED) is 0.380. The highest BCUT2D eigenvalue weighted by Crippen LogP contribution is 2.05. The summed E-state index contributed by atoms with van der Waals surface area (Å²) in [4.78, 5) is 20.8. The van der Waals surface area contributed by atoms with Crippen LogP contribution in [0.4, 0.5) is 0 Å². The molecule has 0 fully saturated rings. The highest BCUT2D eigenvalue weighted by atomic mass is 16.5. The van der Waals surface area contributed by atoms with E-state index in [1.807, 2.05) is 0 Å². The Labute approximate surface area is 87.7 Å². The molecule has 0 aliphatic rings. The highest BCUT2D eigenvalue weighted by molar-refractivity contribution is 5.94. The van der Waals surface area contributed by atoms with Gasteiger partial charge in [0.1, 0.15) is 0 Å². The summed E-state index contributed by atoms with van der Waals surface area (Å²) in [6.45, 7) is 2.17. The third-order valence-electron chi connectivity index (χ3n) is 1.51. The average molecular weight is 214 g/mol. The number of hydrogen-bond acceptors (Lipinski definition) is 3. The van der Waals surface area contributed by atoms with Crippen LogP contribution in [0.15, 0.2) is 24.0 Å². The van der Waals surface area contributed by atoms with Crippen LogP contribution in [-0.4, -0.2) is 28.8 Å². The Morgan fingerprint density at radius 1 is 1.33 bits per heavy atom. The van der Waals surface area contributed by atoms with Gasteiger partial charge in [-0.15, -0.1) is 0 Å². The van der Waals surface area contributed by atoms with Gasteiger partial charge >= 0.3 is 11.9 Å². The summed E-state index contributed by atoms with van der Waals surface area (Å²) in [6.07, 6.45) is 4.57. The fourth-order valence-electron chi connectivity index (χ4n) is 0.900. The van der Waals surface area contributed by atoms with Gasteiger partial charge in [-0.3, -0.25) is 0 Å². The van der Waals surface area contributed by atoms with Gasteiger partial charge in [0, 0.05) is 11.6 Å². The van der Waals surface area contributed by atoms with E-state index in [-0.39, 0.29) is 12.0 Å². The van der Waals surface area contributed by atoms with E-state index in [2.05, 4.69) is 0 Å². The Hall–Kier alpha value is -1.78. The molecule has 0 rings (SSSR count). The first-order valence-electron chi connectivity index (χ1n) is 4.47. The van der Waals surface area contributed by atoms with Crippen LogP contribution >= 0.6 is 0 Å². The van der Waals surface area contributed by atoms with Gasteiger partial charge in [-0.1, -0.05) is 6.08 Å². The van der Waals surface area contributed by atoms with E-state index in [0.29, 0.717) is 19.1 Å². The van der Waals surface area contributed by atoms with E-state index in [0.717, 1.165) is 0 Å². The van der Waals surface area contributed by atoms with Crippen LogP contribution in [0.2, 0.25) is 0 Å². The van der Waals surface area contributed by atoms with E-state index in [9.17, 15) is 9.59 Å². The molecule has 0 bridgehead atoms. The first-order chi connectivity index (χ1) is 7.07. The summed E-state index contributed by atoms with van der Waals surface area (Å²) in [5.74, 6) is -2.45. The topological polar surface area (TPSA) is 83.8 Å². The maximum absolute atomic E-state index is 10.6.